The van der Waals surface area contributed by atoms with Crippen molar-refractivity contribution in [1.29, 1.82) is 0 Å². The molecule has 1 heterocycles. The summed E-state index contributed by atoms with van der Waals surface area (Å²) in [7, 11) is 2.23. The predicted molar refractivity (Wildman–Crippen MR) is 75.9 cm³/mol. The third-order valence-corrected chi connectivity index (χ3v) is 5.06. The molecule has 2 heteroatoms. The second-order valence-corrected chi connectivity index (χ2v) is 6.17. The third-order valence-electron chi connectivity index (χ3n) is 5.06. The van der Waals surface area contributed by atoms with E-state index in [9.17, 15) is 0 Å². The van der Waals surface area contributed by atoms with Gasteiger partial charge in [-0.05, 0) is 49.9 Å². The molecule has 2 N–H and O–H groups in total. The zero-order chi connectivity index (χ0) is 12.6. The van der Waals surface area contributed by atoms with Gasteiger partial charge in [-0.3, -0.25) is 0 Å². The second-order valence-electron chi connectivity index (χ2n) is 6.17. The largest absolute Gasteiger partial charge is 0.330 e. The van der Waals surface area contributed by atoms with E-state index in [0.717, 1.165) is 12.5 Å². The van der Waals surface area contributed by atoms with Crippen LogP contribution in [0.1, 0.15) is 42.7 Å². The number of likely N-dealkylation sites (tertiary alicyclic amines) is 1. The predicted octanol–water partition coefficient (Wildman–Crippen LogP) is 2.49. The lowest BCUT2D eigenvalue weighted by Crippen LogP contribution is -2.42. The van der Waals surface area contributed by atoms with Crippen LogP contribution >= 0.6 is 0 Å². The fraction of sp³-hybridized carbons (Fsp3) is 0.625. The second kappa shape index (κ2) is 4.67. The summed E-state index contributed by atoms with van der Waals surface area (Å²) >= 11 is 0. The molecule has 2 nitrogen and oxygen atoms in total. The summed E-state index contributed by atoms with van der Waals surface area (Å²) in [6, 6.07) is 9.06. The average Bonchev–Trinajstić information content (AvgIpc) is 2.76. The first-order valence-electron chi connectivity index (χ1n) is 7.23. The van der Waals surface area contributed by atoms with Crippen molar-refractivity contribution >= 4 is 0 Å². The van der Waals surface area contributed by atoms with Crippen molar-refractivity contribution in [3.8, 4) is 0 Å². The van der Waals surface area contributed by atoms with Gasteiger partial charge in [-0.25, -0.2) is 0 Å². The third kappa shape index (κ3) is 1.88. The van der Waals surface area contributed by atoms with Gasteiger partial charge in [-0.2, -0.15) is 0 Å². The molecule has 0 amide bonds. The van der Waals surface area contributed by atoms with Gasteiger partial charge in [0.2, 0.25) is 0 Å². The Labute approximate surface area is 110 Å². The standard InChI is InChI=1S/C16H24N2/c1-18-10-7-13(11-18)14-5-2-3-6-15(14)16(12-17)8-4-9-16/h2-3,5-6,13H,4,7-12,17H2,1H3. The highest BCUT2D eigenvalue weighted by atomic mass is 15.1. The number of benzene rings is 1. The fourth-order valence-electron chi connectivity index (χ4n) is 3.71. The van der Waals surface area contributed by atoms with Crippen LogP contribution in [-0.2, 0) is 5.41 Å². The Balaban J connectivity index is 1.95. The van der Waals surface area contributed by atoms with E-state index in [0.29, 0.717) is 5.41 Å². The number of hydrogen-bond acceptors (Lipinski definition) is 2. The molecular formula is C16H24N2. The van der Waals surface area contributed by atoms with E-state index in [-0.39, 0.29) is 0 Å². The zero-order valence-electron chi connectivity index (χ0n) is 11.4. The van der Waals surface area contributed by atoms with Gasteiger partial charge in [0, 0.05) is 18.5 Å². The van der Waals surface area contributed by atoms with Gasteiger partial charge < -0.3 is 10.6 Å². The summed E-state index contributed by atoms with van der Waals surface area (Å²) < 4.78 is 0. The van der Waals surface area contributed by atoms with Crippen LogP contribution in [0.2, 0.25) is 0 Å². The molecule has 3 rings (SSSR count). The average molecular weight is 244 g/mol. The summed E-state index contributed by atoms with van der Waals surface area (Å²) in [5, 5.41) is 0. The van der Waals surface area contributed by atoms with Crippen molar-refractivity contribution < 1.29 is 0 Å². The highest BCUT2D eigenvalue weighted by Gasteiger charge is 2.40. The van der Waals surface area contributed by atoms with Crippen LogP contribution in [-0.4, -0.2) is 31.6 Å². The number of rotatable bonds is 3. The van der Waals surface area contributed by atoms with Crippen LogP contribution in [0.3, 0.4) is 0 Å². The molecule has 0 bridgehead atoms. The van der Waals surface area contributed by atoms with Gasteiger partial charge in [0.25, 0.3) is 0 Å². The molecule has 1 unspecified atom stereocenters. The minimum atomic E-state index is 0.303. The van der Waals surface area contributed by atoms with Crippen molar-refractivity contribution in [3.63, 3.8) is 0 Å². The van der Waals surface area contributed by atoms with Crippen molar-refractivity contribution in [2.45, 2.75) is 37.0 Å². The van der Waals surface area contributed by atoms with E-state index in [4.69, 9.17) is 5.73 Å². The van der Waals surface area contributed by atoms with Gasteiger partial charge in [0.1, 0.15) is 0 Å². The van der Waals surface area contributed by atoms with Crippen molar-refractivity contribution in [2.75, 3.05) is 26.7 Å². The zero-order valence-corrected chi connectivity index (χ0v) is 11.4. The molecule has 98 valence electrons. The maximum absolute atomic E-state index is 6.09. The number of likely N-dealkylation sites (N-methyl/N-ethyl adjacent to an activating group) is 1. The van der Waals surface area contributed by atoms with E-state index >= 15 is 0 Å². The Kier molecular flexibility index (Phi) is 3.16. The Hall–Kier alpha value is -0.860. The normalized spacial score (nSPS) is 27.1. The molecule has 0 spiro atoms. The van der Waals surface area contributed by atoms with E-state index in [1.54, 1.807) is 11.1 Å². The Bertz CT molecular complexity index is 417. The first kappa shape index (κ1) is 12.2. The summed E-state index contributed by atoms with van der Waals surface area (Å²) in [4.78, 5) is 2.44. The Morgan fingerprint density at radius 3 is 2.67 bits per heavy atom. The molecule has 1 aromatic rings. The van der Waals surface area contributed by atoms with Crippen LogP contribution in [0.15, 0.2) is 24.3 Å². The highest BCUT2D eigenvalue weighted by Crippen LogP contribution is 2.46. The van der Waals surface area contributed by atoms with Crippen LogP contribution in [0.5, 0.6) is 0 Å². The molecule has 1 saturated heterocycles. The fourth-order valence-corrected chi connectivity index (χ4v) is 3.71. The van der Waals surface area contributed by atoms with Crippen molar-refractivity contribution in [1.82, 2.24) is 4.90 Å². The molecule has 0 aromatic heterocycles. The van der Waals surface area contributed by atoms with Crippen LogP contribution in [0.25, 0.3) is 0 Å². The molecule has 1 aromatic carbocycles. The molecule has 1 aliphatic carbocycles. The summed E-state index contributed by atoms with van der Waals surface area (Å²) in [6.45, 7) is 3.25. The smallest absolute Gasteiger partial charge is 0.00784 e. The number of nitrogens with two attached hydrogens (primary N) is 1. The molecule has 0 radical (unpaired) electrons. The Morgan fingerprint density at radius 2 is 2.11 bits per heavy atom. The van der Waals surface area contributed by atoms with Gasteiger partial charge in [0.05, 0.1) is 0 Å². The molecule has 1 aliphatic heterocycles. The van der Waals surface area contributed by atoms with Crippen molar-refractivity contribution in [2.24, 2.45) is 5.73 Å². The topological polar surface area (TPSA) is 29.3 Å². The molecule has 2 fully saturated rings. The van der Waals surface area contributed by atoms with Crippen LogP contribution in [0, 0.1) is 0 Å². The lowest BCUT2D eigenvalue weighted by atomic mass is 9.62. The molecular weight excluding hydrogens is 220 g/mol. The minimum absolute atomic E-state index is 0.303. The summed E-state index contributed by atoms with van der Waals surface area (Å²) in [5.74, 6) is 0.718. The van der Waals surface area contributed by atoms with Gasteiger partial charge >= 0.3 is 0 Å². The summed E-state index contributed by atoms with van der Waals surface area (Å²) in [5.41, 5.74) is 9.52. The van der Waals surface area contributed by atoms with Gasteiger partial charge in [-0.1, -0.05) is 30.7 Å². The molecule has 2 aliphatic rings. The van der Waals surface area contributed by atoms with Gasteiger partial charge in [-0.15, -0.1) is 0 Å². The monoisotopic (exact) mass is 244 g/mol. The maximum atomic E-state index is 6.09. The maximum Gasteiger partial charge on any atom is 0.00784 e. The minimum Gasteiger partial charge on any atom is -0.330 e. The molecule has 1 atom stereocenters. The summed E-state index contributed by atoms with van der Waals surface area (Å²) in [6.07, 6.45) is 5.20. The molecule has 18 heavy (non-hydrogen) atoms. The van der Waals surface area contributed by atoms with E-state index in [1.807, 2.05) is 0 Å². The van der Waals surface area contributed by atoms with Crippen LogP contribution < -0.4 is 5.73 Å². The first-order valence-corrected chi connectivity index (χ1v) is 7.23. The lowest BCUT2D eigenvalue weighted by Gasteiger charge is -2.43. The number of hydrogen-bond donors (Lipinski definition) is 1. The Morgan fingerprint density at radius 1 is 1.33 bits per heavy atom. The first-order chi connectivity index (χ1) is 8.75. The van der Waals surface area contributed by atoms with Crippen molar-refractivity contribution in [3.05, 3.63) is 35.4 Å². The SMILES string of the molecule is CN1CCC(c2ccccc2C2(CN)CCC2)C1. The molecule has 1 saturated carbocycles. The van der Waals surface area contributed by atoms with Crippen LogP contribution in [0.4, 0.5) is 0 Å². The number of nitrogens with zero attached hydrogens (tertiary/aromatic N) is 1. The lowest BCUT2D eigenvalue weighted by molar-refractivity contribution is 0.250. The van der Waals surface area contributed by atoms with E-state index < -0.39 is 0 Å². The highest BCUT2D eigenvalue weighted by molar-refractivity contribution is 5.39. The van der Waals surface area contributed by atoms with E-state index in [2.05, 4.69) is 36.2 Å². The van der Waals surface area contributed by atoms with Gasteiger partial charge in [0.15, 0.2) is 0 Å². The van der Waals surface area contributed by atoms with E-state index in [1.165, 1.54) is 38.8 Å². The quantitative estimate of drug-likeness (QED) is 0.885.